The van der Waals surface area contributed by atoms with Gasteiger partial charge in [-0.1, -0.05) is 117 Å². The monoisotopic (exact) mass is 546 g/mol. The molecule has 4 nitrogen and oxygen atoms in total. The fraction of sp³-hybridized carbons (Fsp3) is 0.639. The Balaban J connectivity index is 1.49. The molecule has 220 valence electrons. The molecule has 4 heteroatoms. The Hall–Kier alpha value is -2.33. The first-order valence-corrected chi connectivity index (χ1v) is 15.6. The molecule has 40 heavy (non-hydrogen) atoms. The van der Waals surface area contributed by atoms with Gasteiger partial charge in [0, 0.05) is 24.5 Å². The minimum absolute atomic E-state index is 0.0179. The number of alkyl carbamates (subject to hydrolysis) is 1. The van der Waals surface area contributed by atoms with Gasteiger partial charge in [0.2, 0.25) is 0 Å². The zero-order chi connectivity index (χ0) is 29.2. The van der Waals surface area contributed by atoms with Crippen molar-refractivity contribution in [3.05, 3.63) is 70.8 Å². The molecule has 0 bridgehead atoms. The van der Waals surface area contributed by atoms with E-state index >= 15 is 0 Å². The van der Waals surface area contributed by atoms with Crippen LogP contribution in [0.1, 0.15) is 116 Å². The molecule has 1 heterocycles. The van der Waals surface area contributed by atoms with Gasteiger partial charge in [-0.05, 0) is 70.1 Å². The second kappa shape index (κ2) is 12.3. The smallest absolute Gasteiger partial charge is 0.407 e. The van der Waals surface area contributed by atoms with Gasteiger partial charge in [0.05, 0.1) is 0 Å². The van der Waals surface area contributed by atoms with Gasteiger partial charge in [0.1, 0.15) is 6.10 Å². The van der Waals surface area contributed by atoms with E-state index in [1.54, 1.807) is 0 Å². The molecule has 2 aromatic rings. The lowest BCUT2D eigenvalue weighted by Crippen LogP contribution is -2.42. The quantitative estimate of drug-likeness (QED) is 0.383. The molecule has 1 aliphatic heterocycles. The second-order valence-electron chi connectivity index (χ2n) is 15.1. The summed E-state index contributed by atoms with van der Waals surface area (Å²) < 4.78 is 6.07. The normalized spacial score (nSPS) is 25.8. The van der Waals surface area contributed by atoms with Gasteiger partial charge in [-0.15, -0.1) is 0 Å². The highest BCUT2D eigenvalue weighted by molar-refractivity contribution is 5.68. The van der Waals surface area contributed by atoms with Crippen LogP contribution in [0, 0.1) is 17.8 Å². The van der Waals surface area contributed by atoms with Gasteiger partial charge in [0.25, 0.3) is 0 Å². The summed E-state index contributed by atoms with van der Waals surface area (Å²) in [6, 6.07) is 18.6. The van der Waals surface area contributed by atoms with Crippen LogP contribution in [0.5, 0.6) is 0 Å². The molecule has 2 aliphatic rings. The summed E-state index contributed by atoms with van der Waals surface area (Å²) in [6.07, 6.45) is 3.98. The summed E-state index contributed by atoms with van der Waals surface area (Å²) >= 11 is 0. The average Bonchev–Trinajstić information content (AvgIpc) is 3.31. The zero-order valence-corrected chi connectivity index (χ0v) is 26.5. The van der Waals surface area contributed by atoms with Crippen LogP contribution in [0.25, 0.3) is 0 Å². The van der Waals surface area contributed by atoms with Crippen molar-refractivity contribution in [1.29, 1.82) is 0 Å². The van der Waals surface area contributed by atoms with E-state index in [1.807, 2.05) is 0 Å². The Morgan fingerprint density at radius 1 is 0.850 bits per heavy atom. The van der Waals surface area contributed by atoms with E-state index in [0.29, 0.717) is 17.8 Å². The molecule has 0 aromatic heterocycles. The minimum atomic E-state index is -0.252. The van der Waals surface area contributed by atoms with E-state index in [4.69, 9.17) is 4.74 Å². The molecule has 1 aliphatic carbocycles. The van der Waals surface area contributed by atoms with Crippen LogP contribution < -0.4 is 10.6 Å². The number of benzene rings is 2. The summed E-state index contributed by atoms with van der Waals surface area (Å²) in [7, 11) is 0. The second-order valence-corrected chi connectivity index (χ2v) is 15.1. The number of nitrogens with one attached hydrogen (secondary N) is 2. The van der Waals surface area contributed by atoms with Gasteiger partial charge in [-0.25, -0.2) is 4.79 Å². The predicted octanol–water partition coefficient (Wildman–Crippen LogP) is 8.33. The first-order valence-electron chi connectivity index (χ1n) is 15.6. The molecular formula is C36H54N2O2. The van der Waals surface area contributed by atoms with Crippen molar-refractivity contribution in [2.24, 2.45) is 17.8 Å². The van der Waals surface area contributed by atoms with E-state index in [-0.39, 0.29) is 41.0 Å². The molecule has 2 N–H and O–H groups in total. The van der Waals surface area contributed by atoms with Crippen LogP contribution in [0.3, 0.4) is 0 Å². The Morgan fingerprint density at radius 2 is 1.38 bits per heavy atom. The highest BCUT2D eigenvalue weighted by Gasteiger charge is 2.36. The number of amides is 1. The van der Waals surface area contributed by atoms with E-state index < -0.39 is 0 Å². The number of hydrogen-bond acceptors (Lipinski definition) is 3. The third-order valence-electron chi connectivity index (χ3n) is 9.38. The summed E-state index contributed by atoms with van der Waals surface area (Å²) in [4.78, 5) is 13.1. The molecule has 1 saturated carbocycles. The standard InChI is InChI=1S/C36H54N2O2/c1-23(2)30-19-10-24(3)20-32(30)40-34(39)38-29-21-31(37-22-29)33(25-11-15-27(16-12-25)35(4,5)6)26-13-17-28(18-14-26)36(7,8)9/h11-18,23-24,29-33,37H,10,19-22H2,1-9H3,(H,38,39)/t24-,29-,30+,31-,32?/m1/s1. The predicted molar refractivity (Wildman–Crippen MR) is 167 cm³/mol. The third kappa shape index (κ3) is 7.49. The van der Waals surface area contributed by atoms with Crippen LogP contribution >= 0.6 is 0 Å². The lowest BCUT2D eigenvalue weighted by molar-refractivity contribution is 0.00518. The number of ether oxygens (including phenoxy) is 1. The summed E-state index contributed by atoms with van der Waals surface area (Å²) in [5.41, 5.74) is 5.55. The Labute approximate surface area is 244 Å². The lowest BCUT2D eigenvalue weighted by atomic mass is 9.75. The molecule has 2 aromatic carbocycles. The number of carbonyl (C=O) groups excluding carboxylic acids is 1. The molecule has 2 fully saturated rings. The largest absolute Gasteiger partial charge is 0.446 e. The fourth-order valence-electron chi connectivity index (χ4n) is 6.76. The van der Waals surface area contributed by atoms with Crippen molar-refractivity contribution in [3.8, 4) is 0 Å². The van der Waals surface area contributed by atoms with E-state index in [0.717, 1.165) is 25.8 Å². The topological polar surface area (TPSA) is 50.4 Å². The molecule has 0 spiro atoms. The first kappa shape index (κ1) is 30.6. The van der Waals surface area contributed by atoms with Crippen molar-refractivity contribution in [3.63, 3.8) is 0 Å². The van der Waals surface area contributed by atoms with Crippen molar-refractivity contribution < 1.29 is 9.53 Å². The molecule has 0 radical (unpaired) electrons. The van der Waals surface area contributed by atoms with Crippen LogP contribution in [0.4, 0.5) is 4.79 Å². The van der Waals surface area contributed by atoms with Crippen LogP contribution in [0.2, 0.25) is 0 Å². The van der Waals surface area contributed by atoms with Crippen molar-refractivity contribution >= 4 is 6.09 Å². The third-order valence-corrected chi connectivity index (χ3v) is 9.38. The van der Waals surface area contributed by atoms with Gasteiger partial charge in [-0.2, -0.15) is 0 Å². The van der Waals surface area contributed by atoms with E-state index in [2.05, 4.69) is 121 Å². The Morgan fingerprint density at radius 3 is 1.85 bits per heavy atom. The van der Waals surface area contributed by atoms with Crippen LogP contribution in [-0.2, 0) is 15.6 Å². The maximum Gasteiger partial charge on any atom is 0.407 e. The van der Waals surface area contributed by atoms with Crippen LogP contribution in [0.15, 0.2) is 48.5 Å². The van der Waals surface area contributed by atoms with Crippen LogP contribution in [-0.4, -0.2) is 30.8 Å². The SMILES string of the molecule is CC(C)[C@@H]1CC[C@@H](C)CC1OC(=O)N[C@H]1CN[C@@H](C(c2ccc(C(C)(C)C)cc2)c2ccc(C(C)(C)C)cc2)C1. The average molecular weight is 547 g/mol. The van der Waals surface area contributed by atoms with Gasteiger partial charge in [-0.3, -0.25) is 0 Å². The van der Waals surface area contributed by atoms with E-state index in [1.165, 1.54) is 28.7 Å². The maximum atomic E-state index is 13.1. The molecule has 5 atom stereocenters. The fourth-order valence-corrected chi connectivity index (χ4v) is 6.76. The number of hydrogen-bond donors (Lipinski definition) is 2. The molecule has 4 rings (SSSR count). The first-order chi connectivity index (χ1) is 18.7. The molecule has 1 unspecified atom stereocenters. The van der Waals surface area contributed by atoms with Gasteiger partial charge in [0.15, 0.2) is 0 Å². The highest BCUT2D eigenvalue weighted by Crippen LogP contribution is 2.37. The maximum absolute atomic E-state index is 13.1. The summed E-state index contributed by atoms with van der Waals surface area (Å²) in [5, 5.41) is 6.99. The number of carbonyl (C=O) groups is 1. The molecule has 1 saturated heterocycles. The minimum Gasteiger partial charge on any atom is -0.446 e. The van der Waals surface area contributed by atoms with Gasteiger partial charge < -0.3 is 15.4 Å². The Kier molecular flexibility index (Phi) is 9.39. The van der Waals surface area contributed by atoms with E-state index in [9.17, 15) is 4.79 Å². The van der Waals surface area contributed by atoms with Gasteiger partial charge >= 0.3 is 6.09 Å². The summed E-state index contributed by atoms with van der Waals surface area (Å²) in [5.74, 6) is 1.79. The number of rotatable bonds is 6. The Bertz CT molecular complexity index is 1050. The van der Waals surface area contributed by atoms with Crippen molar-refractivity contribution in [2.45, 2.75) is 123 Å². The zero-order valence-electron chi connectivity index (χ0n) is 26.5. The lowest BCUT2D eigenvalue weighted by Gasteiger charge is -2.36. The highest BCUT2D eigenvalue weighted by atomic mass is 16.6. The van der Waals surface area contributed by atoms with Crippen molar-refractivity contribution in [2.75, 3.05) is 6.54 Å². The molecular weight excluding hydrogens is 492 g/mol. The molecule has 1 amide bonds. The van der Waals surface area contributed by atoms with Crippen molar-refractivity contribution in [1.82, 2.24) is 10.6 Å². The summed E-state index contributed by atoms with van der Waals surface area (Å²) in [6.45, 7) is 21.1.